The van der Waals surface area contributed by atoms with Crippen molar-refractivity contribution in [3.8, 4) is 5.75 Å². The van der Waals surface area contributed by atoms with E-state index >= 15 is 0 Å². The molecule has 0 saturated carbocycles. The van der Waals surface area contributed by atoms with Crippen molar-refractivity contribution < 1.29 is 28.5 Å². The summed E-state index contributed by atoms with van der Waals surface area (Å²) in [5.41, 5.74) is 7.42. The maximum absolute atomic E-state index is 13.4. The van der Waals surface area contributed by atoms with E-state index in [-0.39, 0.29) is 35.9 Å². The van der Waals surface area contributed by atoms with E-state index in [0.29, 0.717) is 29.9 Å². The summed E-state index contributed by atoms with van der Waals surface area (Å²) in [5.74, 6) is -0.200. The van der Waals surface area contributed by atoms with Gasteiger partial charge in [-0.15, -0.1) is 0 Å². The number of ether oxygens (including phenoxy) is 4. The molecular formula is C26H29NO6. The summed E-state index contributed by atoms with van der Waals surface area (Å²) in [6.45, 7) is 4.35. The Balaban J connectivity index is 1.93. The standard InChI is InChI=1S/C26H29NO6/c1-26(2)13-18(28)22-20(14-26)33-24(27)23(25(29)32-12-11-30-3)21(22)17-9-10-19(31-4)16-8-6-5-7-15(16)17/h5-10,21H,11-14,27H2,1-4H3/t21-/m1/s1. The predicted molar refractivity (Wildman–Crippen MR) is 123 cm³/mol. The quantitative estimate of drug-likeness (QED) is 0.524. The minimum absolute atomic E-state index is 0.0356. The molecule has 1 heterocycles. The Morgan fingerprint density at radius 1 is 1.09 bits per heavy atom. The summed E-state index contributed by atoms with van der Waals surface area (Å²) in [4.78, 5) is 26.6. The van der Waals surface area contributed by atoms with Crippen molar-refractivity contribution in [3.63, 3.8) is 0 Å². The number of carbonyl (C=O) groups excluding carboxylic acids is 2. The molecule has 2 aromatic rings. The second-order valence-corrected chi connectivity index (χ2v) is 9.12. The SMILES string of the molecule is COCCOC(=O)C1=C(N)OC2=C(C(=O)CC(C)(C)C2)[C@H]1c1ccc(OC)c2ccccc12. The van der Waals surface area contributed by atoms with E-state index in [1.54, 1.807) is 7.11 Å². The molecule has 2 aliphatic rings. The van der Waals surface area contributed by atoms with Crippen LogP contribution in [0.25, 0.3) is 10.8 Å². The number of ketones is 1. The number of nitrogens with two attached hydrogens (primary N) is 1. The van der Waals surface area contributed by atoms with Crippen molar-refractivity contribution in [1.29, 1.82) is 0 Å². The molecule has 1 aliphatic heterocycles. The minimum Gasteiger partial charge on any atom is -0.496 e. The zero-order chi connectivity index (χ0) is 23.8. The first-order valence-electron chi connectivity index (χ1n) is 10.9. The first kappa shape index (κ1) is 22.9. The third kappa shape index (κ3) is 4.20. The Morgan fingerprint density at radius 3 is 2.52 bits per heavy atom. The van der Waals surface area contributed by atoms with Crippen LogP contribution in [0, 0.1) is 5.41 Å². The minimum atomic E-state index is -0.705. The summed E-state index contributed by atoms with van der Waals surface area (Å²) in [6.07, 6.45) is 0.900. The highest BCUT2D eigenvalue weighted by Crippen LogP contribution is 2.50. The normalized spacial score (nSPS) is 19.9. The van der Waals surface area contributed by atoms with Gasteiger partial charge in [0.05, 0.1) is 19.6 Å². The van der Waals surface area contributed by atoms with Gasteiger partial charge in [-0.25, -0.2) is 4.79 Å². The fourth-order valence-corrected chi connectivity index (χ4v) is 4.71. The van der Waals surface area contributed by atoms with E-state index in [2.05, 4.69) is 0 Å². The highest BCUT2D eigenvalue weighted by atomic mass is 16.6. The van der Waals surface area contributed by atoms with Gasteiger partial charge in [0.15, 0.2) is 5.78 Å². The number of methoxy groups -OCH3 is 2. The lowest BCUT2D eigenvalue weighted by molar-refractivity contribution is -0.140. The van der Waals surface area contributed by atoms with Gasteiger partial charge in [0.1, 0.15) is 23.7 Å². The fourth-order valence-electron chi connectivity index (χ4n) is 4.71. The second-order valence-electron chi connectivity index (χ2n) is 9.12. The van der Waals surface area contributed by atoms with Gasteiger partial charge in [-0.3, -0.25) is 4.79 Å². The Kier molecular flexibility index (Phi) is 6.17. The van der Waals surface area contributed by atoms with Crippen LogP contribution < -0.4 is 10.5 Å². The summed E-state index contributed by atoms with van der Waals surface area (Å²) in [7, 11) is 3.14. The van der Waals surface area contributed by atoms with Gasteiger partial charge in [0.25, 0.3) is 0 Å². The van der Waals surface area contributed by atoms with Crippen LogP contribution in [-0.2, 0) is 23.8 Å². The lowest BCUT2D eigenvalue weighted by Gasteiger charge is -2.38. The van der Waals surface area contributed by atoms with Crippen LogP contribution >= 0.6 is 0 Å². The maximum atomic E-state index is 13.4. The predicted octanol–water partition coefficient (Wildman–Crippen LogP) is 3.97. The number of fused-ring (bicyclic) bond motifs is 1. The van der Waals surface area contributed by atoms with Crippen molar-refractivity contribution in [3.05, 3.63) is 64.8 Å². The van der Waals surface area contributed by atoms with Gasteiger partial charge in [-0.05, 0) is 22.4 Å². The van der Waals surface area contributed by atoms with E-state index < -0.39 is 11.9 Å². The number of hydrogen-bond donors (Lipinski definition) is 1. The molecule has 0 fully saturated rings. The van der Waals surface area contributed by atoms with E-state index in [1.807, 2.05) is 50.2 Å². The number of rotatable bonds is 6. The first-order chi connectivity index (χ1) is 15.8. The van der Waals surface area contributed by atoms with Crippen molar-refractivity contribution >= 4 is 22.5 Å². The molecule has 0 radical (unpaired) electrons. The lowest BCUT2D eigenvalue weighted by Crippen LogP contribution is -2.36. The molecule has 2 aromatic carbocycles. The summed E-state index contributed by atoms with van der Waals surface area (Å²) in [5, 5.41) is 1.74. The summed E-state index contributed by atoms with van der Waals surface area (Å²) >= 11 is 0. The van der Waals surface area contributed by atoms with Crippen molar-refractivity contribution in [2.45, 2.75) is 32.6 Å². The Bertz CT molecular complexity index is 1180. The zero-order valence-corrected chi connectivity index (χ0v) is 19.4. The molecule has 0 saturated heterocycles. The molecule has 1 atom stereocenters. The average Bonchev–Trinajstić information content (AvgIpc) is 2.76. The largest absolute Gasteiger partial charge is 0.496 e. The highest BCUT2D eigenvalue weighted by molar-refractivity contribution is 6.05. The van der Waals surface area contributed by atoms with Crippen LogP contribution in [0.2, 0.25) is 0 Å². The summed E-state index contributed by atoms with van der Waals surface area (Å²) in [6, 6.07) is 11.4. The molecule has 7 nitrogen and oxygen atoms in total. The number of allylic oxidation sites excluding steroid dienone is 2. The van der Waals surface area contributed by atoms with Gasteiger partial charge in [-0.1, -0.05) is 44.2 Å². The topological polar surface area (TPSA) is 97.1 Å². The van der Waals surface area contributed by atoms with E-state index in [0.717, 1.165) is 16.3 Å². The van der Waals surface area contributed by atoms with E-state index in [9.17, 15) is 9.59 Å². The van der Waals surface area contributed by atoms with Crippen molar-refractivity contribution in [2.75, 3.05) is 27.4 Å². The molecular weight excluding hydrogens is 422 g/mol. The lowest BCUT2D eigenvalue weighted by atomic mass is 9.69. The second kappa shape index (κ2) is 8.90. The van der Waals surface area contributed by atoms with Gasteiger partial charge < -0.3 is 24.7 Å². The molecule has 0 spiro atoms. The molecule has 0 aromatic heterocycles. The molecule has 7 heteroatoms. The Morgan fingerprint density at radius 2 is 1.82 bits per heavy atom. The third-order valence-electron chi connectivity index (χ3n) is 6.14. The third-order valence-corrected chi connectivity index (χ3v) is 6.14. The smallest absolute Gasteiger partial charge is 0.340 e. The van der Waals surface area contributed by atoms with Gasteiger partial charge in [0.2, 0.25) is 5.88 Å². The van der Waals surface area contributed by atoms with Gasteiger partial charge in [0, 0.05) is 30.9 Å². The van der Waals surface area contributed by atoms with E-state index in [1.165, 1.54) is 7.11 Å². The zero-order valence-electron chi connectivity index (χ0n) is 19.4. The van der Waals surface area contributed by atoms with Crippen LogP contribution in [-0.4, -0.2) is 39.2 Å². The van der Waals surface area contributed by atoms with Crippen LogP contribution in [0.5, 0.6) is 5.75 Å². The van der Waals surface area contributed by atoms with Gasteiger partial charge >= 0.3 is 5.97 Å². The Hall–Kier alpha value is -3.32. The number of carbonyl (C=O) groups is 2. The molecule has 2 N–H and O–H groups in total. The Labute approximate surface area is 193 Å². The van der Waals surface area contributed by atoms with Crippen LogP contribution in [0.4, 0.5) is 0 Å². The van der Waals surface area contributed by atoms with Crippen LogP contribution in [0.1, 0.15) is 38.2 Å². The molecule has 174 valence electrons. The molecule has 0 unspecified atom stereocenters. The summed E-state index contributed by atoms with van der Waals surface area (Å²) < 4.78 is 21.9. The molecule has 0 bridgehead atoms. The molecule has 0 amide bonds. The number of hydrogen-bond acceptors (Lipinski definition) is 7. The average molecular weight is 452 g/mol. The molecule has 1 aliphatic carbocycles. The molecule has 4 rings (SSSR count). The molecule has 33 heavy (non-hydrogen) atoms. The highest BCUT2D eigenvalue weighted by Gasteiger charge is 2.45. The number of esters is 1. The van der Waals surface area contributed by atoms with Crippen LogP contribution in [0.3, 0.4) is 0 Å². The van der Waals surface area contributed by atoms with Crippen molar-refractivity contribution in [1.82, 2.24) is 0 Å². The maximum Gasteiger partial charge on any atom is 0.340 e. The van der Waals surface area contributed by atoms with Gasteiger partial charge in [-0.2, -0.15) is 0 Å². The fraction of sp³-hybridized carbons (Fsp3) is 0.385. The number of Topliss-reactive ketones (excluding diaryl/α,β-unsaturated/α-hetero) is 1. The monoisotopic (exact) mass is 451 g/mol. The van der Waals surface area contributed by atoms with E-state index in [4.69, 9.17) is 24.7 Å². The number of benzene rings is 2. The van der Waals surface area contributed by atoms with Crippen LogP contribution in [0.15, 0.2) is 59.2 Å². The first-order valence-corrected chi connectivity index (χ1v) is 10.9. The van der Waals surface area contributed by atoms with Crippen molar-refractivity contribution in [2.24, 2.45) is 11.1 Å².